The van der Waals surface area contributed by atoms with Crippen molar-refractivity contribution in [3.8, 4) is 11.8 Å². The van der Waals surface area contributed by atoms with Crippen LogP contribution in [0.25, 0.3) is 5.69 Å². The minimum atomic E-state index is -4.77. The molecule has 0 atom stereocenters. The molecule has 0 spiro atoms. The first-order chi connectivity index (χ1) is 14.2. The largest absolute Gasteiger partial charge is 0.435 e. The van der Waals surface area contributed by atoms with E-state index in [1.165, 1.54) is 11.0 Å². The van der Waals surface area contributed by atoms with Crippen molar-refractivity contribution < 1.29 is 22.4 Å². The summed E-state index contributed by atoms with van der Waals surface area (Å²) in [5.74, 6) is -1.46. The lowest BCUT2D eigenvalue weighted by Gasteiger charge is -2.28. The summed E-state index contributed by atoms with van der Waals surface area (Å²) in [7, 11) is 0. The molecule has 1 aliphatic rings. The molecule has 4 rings (SSSR count). The van der Waals surface area contributed by atoms with Gasteiger partial charge in [0.25, 0.3) is 5.91 Å². The number of nitriles is 1. The number of rotatable bonds is 2. The van der Waals surface area contributed by atoms with Gasteiger partial charge in [-0.3, -0.25) is 4.79 Å². The van der Waals surface area contributed by atoms with E-state index in [0.29, 0.717) is 5.69 Å². The summed E-state index contributed by atoms with van der Waals surface area (Å²) in [6.07, 6.45) is -4.81. The molecule has 0 N–H and O–H groups in total. The molecule has 0 unspecified atom stereocenters. The van der Waals surface area contributed by atoms with E-state index in [2.05, 4.69) is 27.7 Å². The van der Waals surface area contributed by atoms with Crippen LogP contribution in [0.3, 0.4) is 0 Å². The Kier molecular flexibility index (Phi) is 5.01. The second-order valence-electron chi connectivity index (χ2n) is 6.54. The smallest absolute Gasteiger partial charge is 0.307 e. The van der Waals surface area contributed by atoms with Crippen LogP contribution in [0.15, 0.2) is 42.5 Å². The zero-order valence-electron chi connectivity index (χ0n) is 15.0. The van der Waals surface area contributed by atoms with Crippen LogP contribution in [0.5, 0.6) is 0 Å². The van der Waals surface area contributed by atoms with Gasteiger partial charge in [0, 0.05) is 21.4 Å². The molecule has 10 heteroatoms. The maximum absolute atomic E-state index is 13.7. The summed E-state index contributed by atoms with van der Waals surface area (Å²) < 4.78 is 56.3. The number of benzene rings is 2. The van der Waals surface area contributed by atoms with E-state index in [4.69, 9.17) is 5.26 Å². The monoisotopic (exact) mass is 526 g/mol. The zero-order valence-corrected chi connectivity index (χ0v) is 17.2. The van der Waals surface area contributed by atoms with Crippen LogP contribution in [0.2, 0.25) is 0 Å². The molecular weight excluding hydrogens is 515 g/mol. The topological polar surface area (TPSA) is 61.9 Å². The van der Waals surface area contributed by atoms with Gasteiger partial charge in [0.15, 0.2) is 5.69 Å². The molecule has 1 aromatic heterocycles. The SMILES string of the molecule is N#Cc1cc(-n2nc(C(F)(F)F)c3c2C(=O)N(c2ccc(I)cc2)CC3)ccc1F. The minimum Gasteiger partial charge on any atom is -0.307 e. The highest BCUT2D eigenvalue weighted by molar-refractivity contribution is 14.1. The van der Waals surface area contributed by atoms with E-state index < -0.39 is 23.6 Å². The standard InChI is InChI=1S/C20H11F4IN4O/c21-16-6-5-14(9-11(16)10-26)29-17-15(18(27-29)20(22,23)24)7-8-28(19(17)30)13-3-1-12(25)2-4-13/h1-6,9H,7-8H2. The number of alkyl halides is 3. The quantitative estimate of drug-likeness (QED) is 0.359. The molecule has 0 fully saturated rings. The van der Waals surface area contributed by atoms with E-state index in [0.717, 1.165) is 20.4 Å². The molecule has 0 aliphatic carbocycles. The van der Waals surface area contributed by atoms with Gasteiger partial charge in [-0.05, 0) is 71.5 Å². The molecule has 0 bridgehead atoms. The first-order valence-corrected chi connectivity index (χ1v) is 9.75. The molecule has 152 valence electrons. The predicted molar refractivity (Wildman–Crippen MR) is 108 cm³/mol. The maximum Gasteiger partial charge on any atom is 0.435 e. The summed E-state index contributed by atoms with van der Waals surface area (Å²) in [6, 6.07) is 11.8. The normalized spacial score (nSPS) is 13.9. The number of nitrogens with zero attached hydrogens (tertiary/aromatic N) is 4. The van der Waals surface area contributed by atoms with Crippen LogP contribution in [0.4, 0.5) is 23.2 Å². The molecule has 2 aromatic carbocycles. The summed E-state index contributed by atoms with van der Waals surface area (Å²) in [4.78, 5) is 14.6. The van der Waals surface area contributed by atoms with E-state index in [-0.39, 0.29) is 35.5 Å². The number of carbonyl (C=O) groups excluding carboxylic acids is 1. The number of carbonyl (C=O) groups is 1. The fraction of sp³-hybridized carbons (Fsp3) is 0.150. The van der Waals surface area contributed by atoms with Crippen molar-refractivity contribution >= 4 is 34.2 Å². The predicted octanol–water partition coefficient (Wildman–Crippen LogP) is 4.71. The molecule has 30 heavy (non-hydrogen) atoms. The maximum atomic E-state index is 13.7. The van der Waals surface area contributed by atoms with Crippen LogP contribution < -0.4 is 4.90 Å². The van der Waals surface area contributed by atoms with Crippen LogP contribution in [-0.2, 0) is 12.6 Å². The molecule has 5 nitrogen and oxygen atoms in total. The minimum absolute atomic E-state index is 0.00231. The van der Waals surface area contributed by atoms with Crippen LogP contribution in [0, 0.1) is 20.7 Å². The Morgan fingerprint density at radius 3 is 2.40 bits per heavy atom. The molecule has 2 heterocycles. The highest BCUT2D eigenvalue weighted by Gasteiger charge is 2.43. The summed E-state index contributed by atoms with van der Waals surface area (Å²) in [5, 5.41) is 12.7. The lowest BCUT2D eigenvalue weighted by atomic mass is 10.0. The third kappa shape index (κ3) is 3.43. The van der Waals surface area contributed by atoms with Gasteiger partial charge in [-0.1, -0.05) is 0 Å². The first-order valence-electron chi connectivity index (χ1n) is 8.67. The van der Waals surface area contributed by atoms with E-state index in [1.807, 2.05) is 0 Å². The molecule has 0 saturated heterocycles. The number of aromatic nitrogens is 2. The average Bonchev–Trinajstić information content (AvgIpc) is 3.10. The molecular formula is C20H11F4IN4O. The van der Waals surface area contributed by atoms with Gasteiger partial charge >= 0.3 is 6.18 Å². The van der Waals surface area contributed by atoms with Crippen molar-refractivity contribution in [1.82, 2.24) is 9.78 Å². The highest BCUT2D eigenvalue weighted by Crippen LogP contribution is 2.37. The fourth-order valence-electron chi connectivity index (χ4n) is 3.37. The van der Waals surface area contributed by atoms with Gasteiger partial charge in [0.2, 0.25) is 0 Å². The zero-order chi connectivity index (χ0) is 21.6. The summed E-state index contributed by atoms with van der Waals surface area (Å²) >= 11 is 2.11. The fourth-order valence-corrected chi connectivity index (χ4v) is 3.73. The van der Waals surface area contributed by atoms with Crippen LogP contribution >= 0.6 is 22.6 Å². The van der Waals surface area contributed by atoms with Crippen molar-refractivity contribution in [2.45, 2.75) is 12.6 Å². The Hall–Kier alpha value is -2.94. The van der Waals surface area contributed by atoms with Gasteiger partial charge in [-0.25, -0.2) is 9.07 Å². The third-order valence-electron chi connectivity index (χ3n) is 4.74. The van der Waals surface area contributed by atoms with Gasteiger partial charge in [0.1, 0.15) is 17.6 Å². The Morgan fingerprint density at radius 1 is 1.10 bits per heavy atom. The van der Waals surface area contributed by atoms with Crippen molar-refractivity contribution in [2.75, 3.05) is 11.4 Å². The second-order valence-corrected chi connectivity index (χ2v) is 7.79. The number of fused-ring (bicyclic) bond motifs is 1. The Bertz CT molecular complexity index is 1200. The average molecular weight is 526 g/mol. The summed E-state index contributed by atoms with van der Waals surface area (Å²) in [6.45, 7) is 0.0636. The van der Waals surface area contributed by atoms with E-state index in [9.17, 15) is 22.4 Å². The molecule has 1 aliphatic heterocycles. The first kappa shape index (κ1) is 20.3. The van der Waals surface area contributed by atoms with E-state index >= 15 is 0 Å². The number of hydrogen-bond acceptors (Lipinski definition) is 3. The van der Waals surface area contributed by atoms with Crippen LogP contribution in [-0.4, -0.2) is 22.2 Å². The number of halogens is 5. The van der Waals surface area contributed by atoms with Crippen LogP contribution in [0.1, 0.15) is 27.3 Å². The third-order valence-corrected chi connectivity index (χ3v) is 5.46. The molecule has 0 radical (unpaired) electrons. The van der Waals surface area contributed by atoms with Gasteiger partial charge < -0.3 is 4.90 Å². The molecule has 0 saturated carbocycles. The van der Waals surface area contributed by atoms with Crippen molar-refractivity contribution in [3.05, 3.63) is 74.4 Å². The number of amides is 1. The van der Waals surface area contributed by atoms with Gasteiger partial charge in [-0.2, -0.15) is 23.5 Å². The van der Waals surface area contributed by atoms with Gasteiger partial charge in [-0.15, -0.1) is 0 Å². The number of anilines is 1. The van der Waals surface area contributed by atoms with Gasteiger partial charge in [0.05, 0.1) is 11.3 Å². The van der Waals surface area contributed by atoms with Crippen molar-refractivity contribution in [3.63, 3.8) is 0 Å². The number of hydrogen-bond donors (Lipinski definition) is 0. The van der Waals surface area contributed by atoms with Crippen molar-refractivity contribution in [2.24, 2.45) is 0 Å². The Balaban J connectivity index is 1.90. The lowest BCUT2D eigenvalue weighted by molar-refractivity contribution is -0.141. The Labute approximate surface area is 181 Å². The van der Waals surface area contributed by atoms with Crippen molar-refractivity contribution in [1.29, 1.82) is 5.26 Å². The lowest BCUT2D eigenvalue weighted by Crippen LogP contribution is -2.39. The molecule has 1 amide bonds. The summed E-state index contributed by atoms with van der Waals surface area (Å²) in [5.41, 5.74) is -1.43. The molecule has 3 aromatic rings. The van der Waals surface area contributed by atoms with E-state index in [1.54, 1.807) is 30.3 Å². The Morgan fingerprint density at radius 2 is 1.77 bits per heavy atom. The highest BCUT2D eigenvalue weighted by atomic mass is 127. The second kappa shape index (κ2) is 7.39.